The Morgan fingerprint density at radius 2 is 2.09 bits per heavy atom. The Kier molecular flexibility index (Phi) is 4.54. The molecule has 3 rings (SSSR count). The molecule has 3 heterocycles. The van der Waals surface area contributed by atoms with Gasteiger partial charge in [-0.25, -0.2) is 4.68 Å². The van der Waals surface area contributed by atoms with E-state index in [-0.39, 0.29) is 11.5 Å². The first-order chi connectivity index (χ1) is 10.6. The Labute approximate surface area is 129 Å². The van der Waals surface area contributed by atoms with Crippen molar-refractivity contribution in [2.75, 3.05) is 39.3 Å². The van der Waals surface area contributed by atoms with Gasteiger partial charge < -0.3 is 10.2 Å². The lowest BCUT2D eigenvalue weighted by Gasteiger charge is -2.30. The summed E-state index contributed by atoms with van der Waals surface area (Å²) in [7, 11) is 1.68. The van der Waals surface area contributed by atoms with Gasteiger partial charge in [0.1, 0.15) is 0 Å². The van der Waals surface area contributed by atoms with Crippen molar-refractivity contribution in [3.05, 3.63) is 27.7 Å². The molecule has 2 aliphatic rings. The topological polar surface area (TPSA) is 70.5 Å². The summed E-state index contributed by atoms with van der Waals surface area (Å²) >= 11 is 0. The Hall–Kier alpha value is -1.73. The summed E-state index contributed by atoms with van der Waals surface area (Å²) in [6, 6.07) is 1.67. The van der Waals surface area contributed by atoms with Gasteiger partial charge in [0.2, 0.25) is 5.91 Å². The average Bonchev–Trinajstić information content (AvgIpc) is 2.54. The number of amides is 1. The van der Waals surface area contributed by atoms with Crippen molar-refractivity contribution in [2.45, 2.75) is 19.4 Å². The monoisotopic (exact) mass is 305 g/mol. The Balaban J connectivity index is 1.55. The highest BCUT2D eigenvalue weighted by Crippen LogP contribution is 2.15. The van der Waals surface area contributed by atoms with E-state index in [4.69, 9.17) is 0 Å². The van der Waals surface area contributed by atoms with Crippen molar-refractivity contribution < 1.29 is 4.79 Å². The molecule has 1 fully saturated rings. The molecule has 0 atom stereocenters. The lowest BCUT2D eigenvalue weighted by molar-refractivity contribution is -0.132. The van der Waals surface area contributed by atoms with E-state index in [0.717, 1.165) is 56.9 Å². The second-order valence-corrected chi connectivity index (χ2v) is 5.99. The summed E-state index contributed by atoms with van der Waals surface area (Å²) in [5, 5.41) is 7.56. The van der Waals surface area contributed by atoms with Gasteiger partial charge in [0.05, 0.1) is 5.69 Å². The largest absolute Gasteiger partial charge is 0.340 e. The molecular weight excluding hydrogens is 282 g/mol. The smallest absolute Gasteiger partial charge is 0.266 e. The maximum Gasteiger partial charge on any atom is 0.266 e. The van der Waals surface area contributed by atoms with Crippen molar-refractivity contribution in [3.63, 3.8) is 0 Å². The molecule has 22 heavy (non-hydrogen) atoms. The van der Waals surface area contributed by atoms with E-state index in [0.29, 0.717) is 13.0 Å². The molecule has 1 aromatic rings. The number of aromatic nitrogens is 2. The quantitative estimate of drug-likeness (QED) is 0.772. The van der Waals surface area contributed by atoms with Crippen LogP contribution in [0.2, 0.25) is 0 Å². The highest BCUT2D eigenvalue weighted by molar-refractivity contribution is 5.76. The molecule has 0 aliphatic carbocycles. The Morgan fingerprint density at radius 3 is 2.86 bits per heavy atom. The van der Waals surface area contributed by atoms with Crippen molar-refractivity contribution in [1.29, 1.82) is 0 Å². The maximum atomic E-state index is 12.2. The van der Waals surface area contributed by atoms with Crippen LogP contribution in [0.1, 0.15) is 17.7 Å². The minimum absolute atomic E-state index is 0.0718. The molecule has 1 aromatic heterocycles. The van der Waals surface area contributed by atoms with Crippen molar-refractivity contribution in [3.8, 4) is 0 Å². The number of carbonyl (C=O) groups excluding carboxylic acids is 1. The fraction of sp³-hybridized carbons (Fsp3) is 0.667. The third-order valence-corrected chi connectivity index (χ3v) is 4.43. The van der Waals surface area contributed by atoms with Gasteiger partial charge >= 0.3 is 0 Å². The van der Waals surface area contributed by atoms with Gasteiger partial charge in [-0.3, -0.25) is 14.5 Å². The number of carbonyl (C=O) groups is 1. The zero-order valence-electron chi connectivity index (χ0n) is 13.0. The molecule has 0 bridgehead atoms. The SMILES string of the molecule is Cn1nc2c(cc1=O)CN(CCC(=O)N1CCNCC1)CC2. The summed E-state index contributed by atoms with van der Waals surface area (Å²) in [5.41, 5.74) is 1.94. The number of rotatable bonds is 3. The molecule has 7 nitrogen and oxygen atoms in total. The molecule has 0 aromatic carbocycles. The predicted molar refractivity (Wildman–Crippen MR) is 82.5 cm³/mol. The van der Waals surface area contributed by atoms with Crippen molar-refractivity contribution in [2.24, 2.45) is 7.05 Å². The molecule has 1 amide bonds. The summed E-state index contributed by atoms with van der Waals surface area (Å²) in [6.45, 7) is 5.75. The molecule has 7 heteroatoms. The molecule has 0 saturated carbocycles. The van der Waals surface area contributed by atoms with Gasteiger partial charge in [-0.1, -0.05) is 0 Å². The molecule has 120 valence electrons. The zero-order valence-corrected chi connectivity index (χ0v) is 13.0. The Bertz CT molecular complexity index is 606. The van der Waals surface area contributed by atoms with E-state index in [9.17, 15) is 9.59 Å². The average molecular weight is 305 g/mol. The summed E-state index contributed by atoms with van der Waals surface area (Å²) in [5.74, 6) is 0.231. The third-order valence-electron chi connectivity index (χ3n) is 4.43. The van der Waals surface area contributed by atoms with Crippen LogP contribution >= 0.6 is 0 Å². The van der Waals surface area contributed by atoms with Crippen LogP contribution in [0.3, 0.4) is 0 Å². The van der Waals surface area contributed by atoms with E-state index in [1.54, 1.807) is 13.1 Å². The zero-order chi connectivity index (χ0) is 15.5. The van der Waals surface area contributed by atoms with Crippen molar-refractivity contribution >= 4 is 5.91 Å². The van der Waals surface area contributed by atoms with Gasteiger partial charge in [0.15, 0.2) is 0 Å². The molecule has 0 unspecified atom stereocenters. The summed E-state index contributed by atoms with van der Waals surface area (Å²) in [4.78, 5) is 28.1. The normalized spacial score (nSPS) is 19.0. The van der Waals surface area contributed by atoms with Crippen LogP contribution in [0.25, 0.3) is 0 Å². The van der Waals surface area contributed by atoms with Crippen LogP contribution in [0, 0.1) is 0 Å². The summed E-state index contributed by atoms with van der Waals surface area (Å²) < 4.78 is 1.39. The first-order valence-corrected chi connectivity index (χ1v) is 7.90. The van der Waals surface area contributed by atoms with Gasteiger partial charge in [0.25, 0.3) is 5.56 Å². The first kappa shape index (κ1) is 15.2. The second-order valence-electron chi connectivity index (χ2n) is 5.99. The fourth-order valence-electron chi connectivity index (χ4n) is 3.07. The Morgan fingerprint density at radius 1 is 1.32 bits per heavy atom. The van der Waals surface area contributed by atoms with Crippen LogP contribution in [0.5, 0.6) is 0 Å². The molecule has 2 aliphatic heterocycles. The van der Waals surface area contributed by atoms with Gasteiger partial charge in [-0.15, -0.1) is 0 Å². The third kappa shape index (κ3) is 3.36. The molecule has 0 radical (unpaired) electrons. The van der Waals surface area contributed by atoms with Gasteiger partial charge in [0, 0.05) is 71.8 Å². The highest BCUT2D eigenvalue weighted by Gasteiger charge is 2.21. The van der Waals surface area contributed by atoms with E-state index < -0.39 is 0 Å². The molecular formula is C15H23N5O2. The number of nitrogens with one attached hydrogen (secondary N) is 1. The van der Waals surface area contributed by atoms with Crippen LogP contribution in [-0.2, 0) is 24.8 Å². The van der Waals surface area contributed by atoms with E-state index in [1.807, 2.05) is 4.90 Å². The minimum atomic E-state index is -0.0718. The molecule has 1 saturated heterocycles. The summed E-state index contributed by atoms with van der Waals surface area (Å²) in [6.07, 6.45) is 1.39. The van der Waals surface area contributed by atoms with E-state index in [1.165, 1.54) is 4.68 Å². The fourth-order valence-corrected chi connectivity index (χ4v) is 3.07. The van der Waals surface area contributed by atoms with E-state index >= 15 is 0 Å². The van der Waals surface area contributed by atoms with Crippen LogP contribution in [0.15, 0.2) is 10.9 Å². The van der Waals surface area contributed by atoms with Gasteiger partial charge in [-0.2, -0.15) is 5.10 Å². The number of hydrogen-bond acceptors (Lipinski definition) is 5. The van der Waals surface area contributed by atoms with Crippen LogP contribution in [0.4, 0.5) is 0 Å². The lowest BCUT2D eigenvalue weighted by Crippen LogP contribution is -2.47. The number of nitrogens with zero attached hydrogens (tertiary/aromatic N) is 4. The lowest BCUT2D eigenvalue weighted by atomic mass is 10.1. The van der Waals surface area contributed by atoms with Gasteiger partial charge in [-0.05, 0) is 5.56 Å². The first-order valence-electron chi connectivity index (χ1n) is 7.90. The molecule has 1 N–H and O–H groups in total. The standard InChI is InChI=1S/C15H23N5O2/c1-18-15(22)10-12-11-19(6-2-13(12)17-18)7-3-14(21)20-8-4-16-5-9-20/h10,16H,2-9,11H2,1H3. The second kappa shape index (κ2) is 6.58. The number of aryl methyl sites for hydroxylation is 1. The number of hydrogen-bond donors (Lipinski definition) is 1. The maximum absolute atomic E-state index is 12.2. The molecule has 0 spiro atoms. The van der Waals surface area contributed by atoms with Crippen LogP contribution in [-0.4, -0.2) is 64.8 Å². The van der Waals surface area contributed by atoms with Crippen LogP contribution < -0.4 is 10.9 Å². The number of fused-ring (bicyclic) bond motifs is 1. The highest BCUT2D eigenvalue weighted by atomic mass is 16.2. The predicted octanol–water partition coefficient (Wildman–Crippen LogP) is -1.04. The van der Waals surface area contributed by atoms with E-state index in [2.05, 4.69) is 15.3 Å². The number of piperazine rings is 1. The minimum Gasteiger partial charge on any atom is -0.340 e. The van der Waals surface area contributed by atoms with Crippen molar-refractivity contribution in [1.82, 2.24) is 24.9 Å².